The molecule has 0 aromatic rings. The summed E-state index contributed by atoms with van der Waals surface area (Å²) in [4.78, 5) is 37.0. The quantitative estimate of drug-likeness (QED) is 0.0259. The number of ether oxygens (including phenoxy) is 3. The van der Waals surface area contributed by atoms with E-state index in [4.69, 9.17) is 14.2 Å². The van der Waals surface area contributed by atoms with E-state index in [0.29, 0.717) is 12.8 Å². The molecule has 0 heterocycles. The van der Waals surface area contributed by atoms with Crippen LogP contribution in [0.25, 0.3) is 0 Å². The molecular formula is C58H97NO7. The maximum atomic E-state index is 12.8. The van der Waals surface area contributed by atoms with E-state index in [1.54, 1.807) is 21.1 Å². The van der Waals surface area contributed by atoms with Crippen LogP contribution in [0, 0.1) is 0 Å². The van der Waals surface area contributed by atoms with Gasteiger partial charge in [0.05, 0.1) is 40.3 Å². The maximum absolute atomic E-state index is 12.8. The summed E-state index contributed by atoms with van der Waals surface area (Å²) < 4.78 is 17.2. The fraction of sp³-hybridized carbons (Fsp3) is 0.672. The third-order valence-electron chi connectivity index (χ3n) is 11.2. The van der Waals surface area contributed by atoms with E-state index < -0.39 is 18.1 Å². The van der Waals surface area contributed by atoms with Gasteiger partial charge in [-0.25, -0.2) is 0 Å². The molecule has 0 spiro atoms. The number of nitrogens with zero attached hydrogens (tertiary/aromatic N) is 1. The Bertz CT molecular complexity index is 1400. The van der Waals surface area contributed by atoms with E-state index in [-0.39, 0.29) is 49.1 Å². The minimum Gasteiger partial charge on any atom is -0.544 e. The number of carbonyl (C=O) groups excluding carboxylic acids is 3. The highest BCUT2D eigenvalue weighted by Crippen LogP contribution is 2.14. The lowest BCUT2D eigenvalue weighted by Crippen LogP contribution is -2.55. The lowest BCUT2D eigenvalue weighted by molar-refractivity contribution is -0.889. The van der Waals surface area contributed by atoms with E-state index >= 15 is 0 Å². The van der Waals surface area contributed by atoms with Crippen LogP contribution in [0.1, 0.15) is 200 Å². The number of carboxylic acids is 1. The zero-order chi connectivity index (χ0) is 48.4. The molecule has 0 aromatic heterocycles. The summed E-state index contributed by atoms with van der Waals surface area (Å²) >= 11 is 0. The van der Waals surface area contributed by atoms with Gasteiger partial charge in [-0.15, -0.1) is 0 Å². The predicted molar refractivity (Wildman–Crippen MR) is 277 cm³/mol. The normalized spacial score (nSPS) is 13.7. The highest BCUT2D eigenvalue weighted by atomic mass is 16.6. The summed E-state index contributed by atoms with van der Waals surface area (Å²) in [6.45, 7) is 4.48. The topological polar surface area (TPSA) is 102 Å². The number of esters is 2. The van der Waals surface area contributed by atoms with Crippen molar-refractivity contribution in [1.29, 1.82) is 0 Å². The van der Waals surface area contributed by atoms with E-state index in [2.05, 4.69) is 111 Å². The van der Waals surface area contributed by atoms with Gasteiger partial charge >= 0.3 is 11.9 Å². The lowest BCUT2D eigenvalue weighted by atomic mass is 10.1. The maximum Gasteiger partial charge on any atom is 0.306 e. The fourth-order valence-corrected chi connectivity index (χ4v) is 7.17. The van der Waals surface area contributed by atoms with E-state index in [1.807, 2.05) is 0 Å². The van der Waals surface area contributed by atoms with Crippen molar-refractivity contribution in [2.24, 2.45) is 0 Å². The Labute approximate surface area is 405 Å². The molecule has 0 bridgehead atoms. The molecule has 0 rings (SSSR count). The molecule has 0 saturated carbocycles. The Hall–Kier alpha value is -3.75. The molecule has 0 aliphatic carbocycles. The molecule has 0 radical (unpaired) electrons. The van der Waals surface area contributed by atoms with Crippen LogP contribution >= 0.6 is 0 Å². The van der Waals surface area contributed by atoms with Crippen LogP contribution in [0.5, 0.6) is 0 Å². The van der Waals surface area contributed by atoms with Gasteiger partial charge in [-0.05, 0) is 89.9 Å². The number of hydrogen-bond acceptors (Lipinski definition) is 7. The smallest absolute Gasteiger partial charge is 0.306 e. The van der Waals surface area contributed by atoms with Crippen molar-refractivity contribution in [2.75, 3.05) is 41.0 Å². The Morgan fingerprint density at radius 1 is 0.470 bits per heavy atom. The molecule has 0 aliphatic rings. The first-order chi connectivity index (χ1) is 32.1. The molecule has 0 fully saturated rings. The van der Waals surface area contributed by atoms with Crippen LogP contribution in [0.15, 0.2) is 97.2 Å². The second-order valence-corrected chi connectivity index (χ2v) is 18.4. The van der Waals surface area contributed by atoms with Crippen molar-refractivity contribution >= 4 is 17.9 Å². The monoisotopic (exact) mass is 920 g/mol. The highest BCUT2D eigenvalue weighted by Gasteiger charge is 2.25. The minimum atomic E-state index is -1.14. The number of allylic oxidation sites excluding steroid dienone is 16. The number of likely N-dealkylation sites (N-methyl/N-ethyl adjacent to an activating group) is 1. The number of carboxylic acid groups (broad SMARTS) is 1. The van der Waals surface area contributed by atoms with Crippen LogP contribution in [0.4, 0.5) is 0 Å². The van der Waals surface area contributed by atoms with Crippen molar-refractivity contribution in [3.05, 3.63) is 97.2 Å². The standard InChI is InChI=1S/C58H97NO7/c1-6-8-10-12-14-16-18-20-22-24-26-27-28-29-31-33-35-37-39-41-43-45-47-49-57(61)66-54(52-64-51-50-55(58(62)63)59(3,4)5)53-65-56(60)48-46-44-42-40-38-36-34-32-30-25-23-21-19-17-15-13-11-9-7-2/h8,10,14,16,20,22,25-27,29-31,35,37,41,43,54-55H,6-7,9,11-13,15,17-19,21,23-24,28,32-34,36,38-40,42,44-53H2,1-5H3/b10-8+,16-14+,22-20+,27-26+,30-25+,31-29+,37-35+,43-41+. The van der Waals surface area contributed by atoms with Crippen molar-refractivity contribution in [3.63, 3.8) is 0 Å². The third kappa shape index (κ3) is 45.4. The lowest BCUT2D eigenvalue weighted by Gasteiger charge is -2.34. The van der Waals surface area contributed by atoms with Gasteiger partial charge in [0.1, 0.15) is 12.6 Å². The van der Waals surface area contributed by atoms with Crippen LogP contribution < -0.4 is 5.11 Å². The van der Waals surface area contributed by atoms with Crippen molar-refractivity contribution < 1.29 is 38.2 Å². The molecule has 2 unspecified atom stereocenters. The predicted octanol–water partition coefficient (Wildman–Crippen LogP) is 14.1. The first-order valence-corrected chi connectivity index (χ1v) is 26.3. The van der Waals surface area contributed by atoms with Gasteiger partial charge in [0.2, 0.25) is 0 Å². The molecule has 0 aromatic carbocycles. The van der Waals surface area contributed by atoms with E-state index in [9.17, 15) is 19.5 Å². The zero-order valence-electron chi connectivity index (χ0n) is 42.8. The second kappa shape index (κ2) is 47.7. The minimum absolute atomic E-state index is 0.0107. The van der Waals surface area contributed by atoms with Crippen LogP contribution in [0.2, 0.25) is 0 Å². The number of quaternary nitrogens is 1. The zero-order valence-corrected chi connectivity index (χ0v) is 42.8. The van der Waals surface area contributed by atoms with Gasteiger partial charge in [-0.3, -0.25) is 9.59 Å². The van der Waals surface area contributed by atoms with Crippen molar-refractivity contribution in [2.45, 2.75) is 212 Å². The van der Waals surface area contributed by atoms with Gasteiger partial charge in [0.15, 0.2) is 6.10 Å². The second-order valence-electron chi connectivity index (χ2n) is 18.4. The van der Waals surface area contributed by atoms with Gasteiger partial charge < -0.3 is 28.6 Å². The Kier molecular flexibility index (Phi) is 45.0. The summed E-state index contributed by atoms with van der Waals surface area (Å²) in [5.41, 5.74) is 0. The van der Waals surface area contributed by atoms with Gasteiger partial charge in [0, 0.05) is 19.3 Å². The van der Waals surface area contributed by atoms with Crippen LogP contribution in [-0.4, -0.2) is 75.5 Å². The Morgan fingerprint density at radius 3 is 1.32 bits per heavy atom. The number of rotatable bonds is 46. The molecule has 0 N–H and O–H groups in total. The molecule has 2 atom stereocenters. The molecule has 66 heavy (non-hydrogen) atoms. The third-order valence-corrected chi connectivity index (χ3v) is 11.2. The van der Waals surface area contributed by atoms with Crippen LogP contribution in [-0.2, 0) is 28.6 Å². The molecule has 0 saturated heterocycles. The number of unbranched alkanes of at least 4 members (excludes halogenated alkanes) is 16. The largest absolute Gasteiger partial charge is 0.544 e. The first kappa shape index (κ1) is 62.2. The first-order valence-electron chi connectivity index (χ1n) is 26.3. The van der Waals surface area contributed by atoms with Gasteiger partial charge in [0.25, 0.3) is 0 Å². The number of carbonyl (C=O) groups is 3. The molecule has 376 valence electrons. The van der Waals surface area contributed by atoms with Gasteiger partial charge in [-0.2, -0.15) is 0 Å². The SMILES string of the molecule is CC/C=C/C/C=C/C/C=C/C/C=C/C/C=C/C/C=C/C/C=C/CCCC(=O)OC(COCCC(C(=O)[O-])[N+](C)(C)C)COC(=O)CCCCCCCCC/C=C/CCCCCCCCCC. The fourth-order valence-electron chi connectivity index (χ4n) is 7.17. The molecule has 0 amide bonds. The molecule has 8 heteroatoms. The molecule has 0 aliphatic heterocycles. The number of aliphatic carboxylic acids is 1. The Morgan fingerprint density at radius 2 is 0.864 bits per heavy atom. The Balaban J connectivity index is 4.38. The van der Waals surface area contributed by atoms with E-state index in [0.717, 1.165) is 70.6 Å². The van der Waals surface area contributed by atoms with Crippen LogP contribution in [0.3, 0.4) is 0 Å². The highest BCUT2D eigenvalue weighted by molar-refractivity contribution is 5.70. The molecule has 8 nitrogen and oxygen atoms in total. The average Bonchev–Trinajstić information content (AvgIpc) is 3.28. The van der Waals surface area contributed by atoms with Crippen molar-refractivity contribution in [3.8, 4) is 0 Å². The average molecular weight is 920 g/mol. The summed E-state index contributed by atoms with van der Waals surface area (Å²) in [6, 6.07) is -0.743. The van der Waals surface area contributed by atoms with Gasteiger partial charge in [-0.1, -0.05) is 188 Å². The summed E-state index contributed by atoms with van der Waals surface area (Å²) in [5.74, 6) is -1.82. The molecular weight excluding hydrogens is 823 g/mol. The summed E-state index contributed by atoms with van der Waals surface area (Å²) in [5, 5.41) is 11.7. The number of hydrogen-bond donors (Lipinski definition) is 0. The van der Waals surface area contributed by atoms with Crippen molar-refractivity contribution in [1.82, 2.24) is 0 Å². The summed E-state index contributed by atoms with van der Waals surface area (Å²) in [6.07, 6.45) is 64.5. The summed E-state index contributed by atoms with van der Waals surface area (Å²) in [7, 11) is 5.39. The van der Waals surface area contributed by atoms with E-state index in [1.165, 1.54) is 89.9 Å².